The van der Waals surface area contributed by atoms with Crippen molar-refractivity contribution < 1.29 is 13.2 Å². The van der Waals surface area contributed by atoms with E-state index in [-0.39, 0.29) is 23.1 Å². The number of carbonyl (C=O) groups excluding carboxylic acids is 1. The molecular formula is C21H23N5O3S. The van der Waals surface area contributed by atoms with Crippen LogP contribution in [0.25, 0.3) is 5.69 Å². The third kappa shape index (κ3) is 3.61. The first kappa shape index (κ1) is 20.2. The van der Waals surface area contributed by atoms with Gasteiger partial charge in [0.05, 0.1) is 29.8 Å². The van der Waals surface area contributed by atoms with Gasteiger partial charge in [-0.1, -0.05) is 26.0 Å². The van der Waals surface area contributed by atoms with Gasteiger partial charge in [0.1, 0.15) is 11.2 Å². The number of hydrogen-bond acceptors (Lipinski definition) is 5. The Morgan fingerprint density at radius 3 is 2.63 bits per heavy atom. The molecule has 1 amide bonds. The molecule has 4 rings (SSSR count). The molecule has 8 nitrogen and oxygen atoms in total. The number of para-hydroxylation sites is 1. The Balaban J connectivity index is 1.79. The molecule has 1 aliphatic heterocycles. The number of sulfonamides is 1. The van der Waals surface area contributed by atoms with Crippen molar-refractivity contribution >= 4 is 21.6 Å². The van der Waals surface area contributed by atoms with Crippen molar-refractivity contribution in [2.45, 2.75) is 32.2 Å². The van der Waals surface area contributed by atoms with Crippen LogP contribution >= 0.6 is 0 Å². The minimum Gasteiger partial charge on any atom is -0.319 e. The Bertz CT molecular complexity index is 1200. The number of imidazole rings is 1. The van der Waals surface area contributed by atoms with E-state index in [4.69, 9.17) is 0 Å². The van der Waals surface area contributed by atoms with E-state index < -0.39 is 15.9 Å². The lowest BCUT2D eigenvalue weighted by atomic mass is 10.2. The summed E-state index contributed by atoms with van der Waals surface area (Å²) in [6.45, 7) is 6.18. The van der Waals surface area contributed by atoms with Gasteiger partial charge >= 0.3 is 0 Å². The predicted octanol–water partition coefficient (Wildman–Crippen LogP) is 2.99. The topological polar surface area (TPSA) is 97.2 Å². The van der Waals surface area contributed by atoms with Gasteiger partial charge in [0.15, 0.2) is 5.69 Å². The fraction of sp³-hybridized carbons (Fsp3) is 0.286. The van der Waals surface area contributed by atoms with Gasteiger partial charge in [0.25, 0.3) is 5.91 Å². The highest BCUT2D eigenvalue weighted by atomic mass is 32.2. The molecule has 30 heavy (non-hydrogen) atoms. The highest BCUT2D eigenvalue weighted by molar-refractivity contribution is 7.89. The molecule has 1 aromatic carbocycles. The third-order valence-corrected chi connectivity index (χ3v) is 6.75. The molecule has 9 heteroatoms. The van der Waals surface area contributed by atoms with Gasteiger partial charge in [-0.15, -0.1) is 0 Å². The fourth-order valence-electron chi connectivity index (χ4n) is 3.49. The molecule has 3 heterocycles. The molecule has 0 saturated heterocycles. The van der Waals surface area contributed by atoms with Gasteiger partial charge in [-0.25, -0.2) is 13.4 Å². The molecule has 0 unspecified atom stereocenters. The van der Waals surface area contributed by atoms with E-state index in [1.807, 2.05) is 20.8 Å². The molecule has 1 N–H and O–H groups in total. The number of benzene rings is 1. The van der Waals surface area contributed by atoms with Crippen LogP contribution in [-0.4, -0.2) is 39.7 Å². The highest BCUT2D eigenvalue weighted by Crippen LogP contribution is 2.31. The number of aryl methyl sites for hydroxylation is 1. The molecule has 2 aromatic heterocycles. The first-order chi connectivity index (χ1) is 14.3. The van der Waals surface area contributed by atoms with Crippen molar-refractivity contribution in [3.05, 3.63) is 66.0 Å². The van der Waals surface area contributed by atoms with Crippen molar-refractivity contribution in [3.63, 3.8) is 0 Å². The predicted molar refractivity (Wildman–Crippen MR) is 113 cm³/mol. The standard InChI is InChI=1S/C21H23N5O3S/c1-14(2)11-25-12-18-20(21(27)24-16-9-8-15(3)22-10-16)23-13-26(18)17-6-4-5-7-19(17)30(25,28)29/h4-10,13-14H,11-12H2,1-3H3,(H,24,27). The van der Waals surface area contributed by atoms with E-state index >= 15 is 0 Å². The molecular weight excluding hydrogens is 402 g/mol. The summed E-state index contributed by atoms with van der Waals surface area (Å²) in [7, 11) is -3.72. The number of carbonyl (C=O) groups is 1. The van der Waals surface area contributed by atoms with Crippen LogP contribution in [0.4, 0.5) is 5.69 Å². The van der Waals surface area contributed by atoms with Crippen molar-refractivity contribution in [2.75, 3.05) is 11.9 Å². The maximum atomic E-state index is 13.3. The average molecular weight is 426 g/mol. The summed E-state index contributed by atoms with van der Waals surface area (Å²) in [5, 5.41) is 2.80. The van der Waals surface area contributed by atoms with E-state index in [2.05, 4.69) is 15.3 Å². The van der Waals surface area contributed by atoms with Crippen molar-refractivity contribution in [3.8, 4) is 5.69 Å². The zero-order chi connectivity index (χ0) is 21.5. The first-order valence-corrected chi connectivity index (χ1v) is 11.1. The van der Waals surface area contributed by atoms with Crippen LogP contribution in [0, 0.1) is 12.8 Å². The molecule has 0 bridgehead atoms. The van der Waals surface area contributed by atoms with Gasteiger partial charge in [-0.2, -0.15) is 4.31 Å². The Kier molecular flexibility index (Phi) is 5.17. The zero-order valence-corrected chi connectivity index (χ0v) is 17.8. The van der Waals surface area contributed by atoms with Gasteiger partial charge in [0.2, 0.25) is 10.0 Å². The monoisotopic (exact) mass is 425 g/mol. The molecule has 0 atom stereocenters. The van der Waals surface area contributed by atoms with Gasteiger partial charge in [-0.05, 0) is 37.1 Å². The maximum absolute atomic E-state index is 13.3. The smallest absolute Gasteiger partial charge is 0.276 e. The lowest BCUT2D eigenvalue weighted by Gasteiger charge is -2.22. The largest absolute Gasteiger partial charge is 0.319 e. The normalized spacial score (nSPS) is 15.3. The number of rotatable bonds is 4. The summed E-state index contributed by atoms with van der Waals surface area (Å²) in [6, 6.07) is 10.3. The van der Waals surface area contributed by atoms with Crippen molar-refractivity contribution in [1.82, 2.24) is 18.8 Å². The van der Waals surface area contributed by atoms with E-state index in [0.29, 0.717) is 23.6 Å². The Labute approximate surface area is 175 Å². The minimum atomic E-state index is -3.72. The summed E-state index contributed by atoms with van der Waals surface area (Å²) in [4.78, 5) is 21.7. The van der Waals surface area contributed by atoms with E-state index in [0.717, 1.165) is 5.69 Å². The number of anilines is 1. The van der Waals surface area contributed by atoms with Gasteiger partial charge in [0, 0.05) is 12.2 Å². The second-order valence-corrected chi connectivity index (χ2v) is 9.62. The maximum Gasteiger partial charge on any atom is 0.276 e. The zero-order valence-electron chi connectivity index (χ0n) is 17.0. The highest BCUT2D eigenvalue weighted by Gasteiger charge is 2.35. The lowest BCUT2D eigenvalue weighted by molar-refractivity contribution is 0.102. The summed E-state index contributed by atoms with van der Waals surface area (Å²) < 4.78 is 29.7. The second kappa shape index (κ2) is 7.66. The average Bonchev–Trinajstić information content (AvgIpc) is 3.09. The molecule has 0 spiro atoms. The summed E-state index contributed by atoms with van der Waals surface area (Å²) in [5.41, 5.74) is 2.60. The van der Waals surface area contributed by atoms with Crippen LogP contribution in [0.2, 0.25) is 0 Å². The van der Waals surface area contributed by atoms with Crippen LogP contribution in [0.3, 0.4) is 0 Å². The fourth-order valence-corrected chi connectivity index (χ4v) is 5.24. The Hall–Kier alpha value is -3.04. The molecule has 156 valence electrons. The number of amides is 1. The summed E-state index contributed by atoms with van der Waals surface area (Å²) >= 11 is 0. The van der Waals surface area contributed by atoms with Crippen molar-refractivity contribution in [2.24, 2.45) is 5.92 Å². The number of pyridine rings is 1. The van der Waals surface area contributed by atoms with Gasteiger partial charge in [-0.3, -0.25) is 14.3 Å². The summed E-state index contributed by atoms with van der Waals surface area (Å²) in [6.07, 6.45) is 3.08. The molecule has 0 radical (unpaired) electrons. The second-order valence-electron chi connectivity index (χ2n) is 7.71. The van der Waals surface area contributed by atoms with Crippen LogP contribution < -0.4 is 5.32 Å². The molecule has 1 aliphatic rings. The lowest BCUT2D eigenvalue weighted by Crippen LogP contribution is -2.33. The SMILES string of the molecule is Cc1ccc(NC(=O)c2ncn3c2CN(CC(C)C)S(=O)(=O)c2ccccc2-3)cn1. The Morgan fingerprint density at radius 2 is 1.93 bits per heavy atom. The van der Waals surface area contributed by atoms with Crippen LogP contribution in [0.1, 0.15) is 35.7 Å². The van der Waals surface area contributed by atoms with Crippen molar-refractivity contribution in [1.29, 1.82) is 0 Å². The van der Waals surface area contributed by atoms with Crippen LogP contribution in [-0.2, 0) is 16.6 Å². The van der Waals surface area contributed by atoms with Crippen LogP contribution in [0.15, 0.2) is 53.8 Å². The first-order valence-electron chi connectivity index (χ1n) is 9.67. The van der Waals surface area contributed by atoms with Gasteiger partial charge < -0.3 is 5.32 Å². The van der Waals surface area contributed by atoms with E-state index in [9.17, 15) is 13.2 Å². The minimum absolute atomic E-state index is 0.0596. The van der Waals surface area contributed by atoms with E-state index in [1.54, 1.807) is 47.2 Å². The molecule has 3 aromatic rings. The number of hydrogen-bond donors (Lipinski definition) is 1. The molecule has 0 saturated carbocycles. The summed E-state index contributed by atoms with van der Waals surface area (Å²) in [5.74, 6) is -0.284. The third-order valence-electron chi connectivity index (χ3n) is 4.89. The number of fused-ring (bicyclic) bond motifs is 3. The number of aromatic nitrogens is 3. The van der Waals surface area contributed by atoms with Crippen LogP contribution in [0.5, 0.6) is 0 Å². The quantitative estimate of drug-likeness (QED) is 0.693. The number of nitrogens with one attached hydrogen (secondary N) is 1. The van der Waals surface area contributed by atoms with E-state index in [1.165, 1.54) is 10.6 Å². The molecule has 0 aliphatic carbocycles. The molecule has 0 fully saturated rings. The number of nitrogens with zero attached hydrogens (tertiary/aromatic N) is 4. The Morgan fingerprint density at radius 1 is 1.17 bits per heavy atom.